The standard InChI is InChI=1S/C19H34O5/c1-6-16-19(5,24-18(3,4)23-16)14-13-15(20)11-9-8-10-12-17(21)22-7-2/h16H,6-14H2,1-5H3. The van der Waals surface area contributed by atoms with Crippen LogP contribution >= 0.6 is 0 Å². The van der Waals surface area contributed by atoms with Gasteiger partial charge in [-0.2, -0.15) is 0 Å². The summed E-state index contributed by atoms with van der Waals surface area (Å²) >= 11 is 0. The predicted molar refractivity (Wildman–Crippen MR) is 92.7 cm³/mol. The summed E-state index contributed by atoms with van der Waals surface area (Å²) in [6, 6.07) is 0. The molecule has 140 valence electrons. The fraction of sp³-hybridized carbons (Fsp3) is 0.895. The Hall–Kier alpha value is -0.940. The molecule has 1 fully saturated rings. The number of carbonyl (C=O) groups excluding carboxylic acids is 2. The minimum atomic E-state index is -0.578. The van der Waals surface area contributed by atoms with Crippen molar-refractivity contribution in [3.8, 4) is 0 Å². The van der Waals surface area contributed by atoms with Crippen molar-refractivity contribution in [1.29, 1.82) is 0 Å². The molecular formula is C19H34O5. The number of esters is 1. The van der Waals surface area contributed by atoms with Crippen LogP contribution in [-0.4, -0.2) is 35.9 Å². The summed E-state index contributed by atoms with van der Waals surface area (Å²) in [7, 11) is 0. The molecular weight excluding hydrogens is 308 g/mol. The van der Waals surface area contributed by atoms with Gasteiger partial charge in [-0.25, -0.2) is 0 Å². The lowest BCUT2D eigenvalue weighted by Crippen LogP contribution is -2.37. The van der Waals surface area contributed by atoms with E-state index in [2.05, 4.69) is 6.92 Å². The molecule has 1 saturated heterocycles. The monoisotopic (exact) mass is 342 g/mol. The summed E-state index contributed by atoms with van der Waals surface area (Å²) in [4.78, 5) is 23.3. The highest BCUT2D eigenvalue weighted by molar-refractivity contribution is 5.78. The number of ether oxygens (including phenoxy) is 3. The number of hydrogen-bond donors (Lipinski definition) is 0. The van der Waals surface area contributed by atoms with Crippen LogP contribution in [0, 0.1) is 0 Å². The third-order valence-electron chi connectivity index (χ3n) is 4.50. The van der Waals surface area contributed by atoms with Gasteiger partial charge in [-0.05, 0) is 53.4 Å². The molecule has 0 radical (unpaired) electrons. The largest absolute Gasteiger partial charge is 0.466 e. The molecule has 0 aliphatic carbocycles. The summed E-state index contributed by atoms with van der Waals surface area (Å²) in [5.74, 6) is -0.468. The molecule has 0 saturated carbocycles. The van der Waals surface area contributed by atoms with Gasteiger partial charge < -0.3 is 14.2 Å². The van der Waals surface area contributed by atoms with Gasteiger partial charge >= 0.3 is 5.97 Å². The van der Waals surface area contributed by atoms with E-state index >= 15 is 0 Å². The van der Waals surface area contributed by atoms with Gasteiger partial charge in [-0.15, -0.1) is 0 Å². The van der Waals surface area contributed by atoms with Gasteiger partial charge in [-0.3, -0.25) is 9.59 Å². The van der Waals surface area contributed by atoms with Gasteiger partial charge in [0.15, 0.2) is 5.79 Å². The van der Waals surface area contributed by atoms with E-state index in [0.717, 1.165) is 25.7 Å². The Balaban J connectivity index is 2.23. The molecule has 1 aliphatic rings. The minimum Gasteiger partial charge on any atom is -0.466 e. The smallest absolute Gasteiger partial charge is 0.305 e. The van der Waals surface area contributed by atoms with Gasteiger partial charge in [-0.1, -0.05) is 13.3 Å². The molecule has 2 unspecified atom stereocenters. The van der Waals surface area contributed by atoms with E-state index in [1.165, 1.54) is 0 Å². The molecule has 5 heteroatoms. The Labute approximate surface area is 146 Å². The Morgan fingerprint density at radius 3 is 2.29 bits per heavy atom. The SMILES string of the molecule is CCOC(=O)CCCCCC(=O)CCC1(C)OC(C)(C)OC1CC. The van der Waals surface area contributed by atoms with E-state index in [4.69, 9.17) is 14.2 Å². The number of Topliss-reactive ketones (excluding diaryl/α,β-unsaturated/α-hetero) is 1. The molecule has 0 aromatic carbocycles. The van der Waals surface area contributed by atoms with E-state index < -0.39 is 11.4 Å². The Morgan fingerprint density at radius 2 is 1.67 bits per heavy atom. The minimum absolute atomic E-state index is 0.0323. The number of ketones is 1. The maximum atomic E-state index is 12.1. The van der Waals surface area contributed by atoms with Gasteiger partial charge in [0.2, 0.25) is 0 Å². The van der Waals surface area contributed by atoms with Crippen molar-refractivity contribution in [2.45, 2.75) is 103 Å². The van der Waals surface area contributed by atoms with Crippen LogP contribution in [0.2, 0.25) is 0 Å². The zero-order valence-corrected chi connectivity index (χ0v) is 16.0. The van der Waals surface area contributed by atoms with E-state index in [9.17, 15) is 9.59 Å². The van der Waals surface area contributed by atoms with Crippen LogP contribution in [-0.2, 0) is 23.8 Å². The van der Waals surface area contributed by atoms with Crippen molar-refractivity contribution < 1.29 is 23.8 Å². The van der Waals surface area contributed by atoms with Gasteiger partial charge in [0, 0.05) is 19.3 Å². The number of unbranched alkanes of at least 4 members (excludes halogenated alkanes) is 2. The topological polar surface area (TPSA) is 61.8 Å². The summed E-state index contributed by atoms with van der Waals surface area (Å²) in [5.41, 5.74) is -0.391. The van der Waals surface area contributed by atoms with E-state index in [0.29, 0.717) is 32.3 Å². The Bertz CT molecular complexity index is 418. The Morgan fingerprint density at radius 1 is 1.00 bits per heavy atom. The number of rotatable bonds is 11. The molecule has 0 spiro atoms. The van der Waals surface area contributed by atoms with Crippen LogP contribution in [0.3, 0.4) is 0 Å². The van der Waals surface area contributed by atoms with Crippen LogP contribution in [0.15, 0.2) is 0 Å². The van der Waals surface area contributed by atoms with Crippen molar-refractivity contribution in [2.75, 3.05) is 6.61 Å². The van der Waals surface area contributed by atoms with Crippen LogP contribution in [0.25, 0.3) is 0 Å². The van der Waals surface area contributed by atoms with Crippen molar-refractivity contribution >= 4 is 11.8 Å². The summed E-state index contributed by atoms with van der Waals surface area (Å²) in [6.45, 7) is 10.2. The molecule has 2 atom stereocenters. The third kappa shape index (κ3) is 6.89. The molecule has 1 rings (SSSR count). The highest BCUT2D eigenvalue weighted by atomic mass is 16.8. The van der Waals surface area contributed by atoms with Crippen molar-refractivity contribution in [2.24, 2.45) is 0 Å². The second-order valence-electron chi connectivity index (χ2n) is 7.23. The first-order valence-electron chi connectivity index (χ1n) is 9.27. The average molecular weight is 342 g/mol. The molecule has 1 heterocycles. The van der Waals surface area contributed by atoms with Gasteiger partial charge in [0.1, 0.15) is 5.78 Å². The van der Waals surface area contributed by atoms with Crippen LogP contribution in [0.4, 0.5) is 0 Å². The second-order valence-corrected chi connectivity index (χ2v) is 7.23. The predicted octanol–water partition coefficient (Wildman–Crippen LogP) is 4.17. The highest BCUT2D eigenvalue weighted by Gasteiger charge is 2.48. The van der Waals surface area contributed by atoms with Crippen molar-refractivity contribution in [3.63, 3.8) is 0 Å². The Kier molecular flexibility index (Phi) is 8.37. The molecule has 0 aromatic heterocycles. The van der Waals surface area contributed by atoms with Gasteiger partial charge in [0.05, 0.1) is 18.3 Å². The first-order chi connectivity index (χ1) is 11.2. The zero-order chi connectivity index (χ0) is 18.2. The lowest BCUT2D eigenvalue weighted by atomic mass is 9.90. The fourth-order valence-electron chi connectivity index (χ4n) is 3.36. The maximum absolute atomic E-state index is 12.1. The normalized spacial score (nSPS) is 25.6. The third-order valence-corrected chi connectivity index (χ3v) is 4.50. The lowest BCUT2D eigenvalue weighted by molar-refractivity contribution is -0.162. The average Bonchev–Trinajstić information content (AvgIpc) is 2.74. The number of carbonyl (C=O) groups is 2. The maximum Gasteiger partial charge on any atom is 0.305 e. The molecule has 5 nitrogen and oxygen atoms in total. The number of hydrogen-bond acceptors (Lipinski definition) is 5. The van der Waals surface area contributed by atoms with Crippen LogP contribution < -0.4 is 0 Å². The zero-order valence-electron chi connectivity index (χ0n) is 16.0. The van der Waals surface area contributed by atoms with E-state index in [1.807, 2.05) is 20.8 Å². The second kappa shape index (κ2) is 9.52. The first-order valence-corrected chi connectivity index (χ1v) is 9.27. The summed E-state index contributed by atoms with van der Waals surface area (Å²) in [5, 5.41) is 0. The molecule has 0 amide bonds. The van der Waals surface area contributed by atoms with Crippen LogP contribution in [0.5, 0.6) is 0 Å². The molecule has 0 bridgehead atoms. The van der Waals surface area contributed by atoms with E-state index in [1.54, 1.807) is 6.92 Å². The first kappa shape index (κ1) is 21.1. The fourth-order valence-corrected chi connectivity index (χ4v) is 3.36. The highest BCUT2D eigenvalue weighted by Crippen LogP contribution is 2.40. The van der Waals surface area contributed by atoms with E-state index in [-0.39, 0.29) is 17.9 Å². The molecule has 24 heavy (non-hydrogen) atoms. The van der Waals surface area contributed by atoms with Crippen LogP contribution in [0.1, 0.15) is 86.0 Å². The van der Waals surface area contributed by atoms with Gasteiger partial charge in [0.25, 0.3) is 0 Å². The molecule has 0 aromatic rings. The summed E-state index contributed by atoms with van der Waals surface area (Å²) < 4.78 is 16.9. The summed E-state index contributed by atoms with van der Waals surface area (Å²) in [6.07, 6.45) is 5.62. The van der Waals surface area contributed by atoms with Crippen molar-refractivity contribution in [3.05, 3.63) is 0 Å². The lowest BCUT2D eigenvalue weighted by Gasteiger charge is -2.28. The quantitative estimate of drug-likeness (QED) is 0.416. The molecule has 1 aliphatic heterocycles. The van der Waals surface area contributed by atoms with Crippen molar-refractivity contribution in [1.82, 2.24) is 0 Å². The molecule has 0 N–H and O–H groups in total.